The molecule has 0 bridgehead atoms. The summed E-state index contributed by atoms with van der Waals surface area (Å²) >= 11 is 0. The Balaban J connectivity index is 2.02. The van der Waals surface area contributed by atoms with Gasteiger partial charge in [-0.3, -0.25) is 4.79 Å². The number of carbonyl (C=O) groups is 1. The minimum atomic E-state index is -0.217. The maximum Gasteiger partial charge on any atom is 0.257 e. The van der Waals surface area contributed by atoms with Gasteiger partial charge in [-0.05, 0) is 43.2 Å². The van der Waals surface area contributed by atoms with Crippen molar-refractivity contribution in [3.05, 3.63) is 59.2 Å². The van der Waals surface area contributed by atoms with Gasteiger partial charge in [0.05, 0.1) is 25.4 Å². The number of hydrogen-bond acceptors (Lipinski definition) is 4. The van der Waals surface area contributed by atoms with Crippen molar-refractivity contribution in [3.63, 3.8) is 0 Å². The number of hydrogen-bond donors (Lipinski definition) is 2. The van der Waals surface area contributed by atoms with E-state index in [1.807, 2.05) is 32.0 Å². The highest BCUT2D eigenvalue weighted by Crippen LogP contribution is 2.21. The third-order valence-corrected chi connectivity index (χ3v) is 3.73. The molecule has 2 aromatic rings. The van der Waals surface area contributed by atoms with E-state index in [1.165, 1.54) is 0 Å². The maximum atomic E-state index is 12.4. The quantitative estimate of drug-likeness (QED) is 0.575. The molecule has 1 amide bonds. The van der Waals surface area contributed by atoms with Crippen molar-refractivity contribution < 1.29 is 14.3 Å². The summed E-state index contributed by atoms with van der Waals surface area (Å²) in [6, 6.07) is 12.8. The predicted octanol–water partition coefficient (Wildman–Crippen LogP) is 3.38. The van der Waals surface area contributed by atoms with Crippen molar-refractivity contribution in [2.24, 2.45) is 0 Å². The Hall–Kier alpha value is -2.37. The van der Waals surface area contributed by atoms with Crippen molar-refractivity contribution in [1.82, 2.24) is 0 Å². The van der Waals surface area contributed by atoms with Gasteiger partial charge in [0.25, 0.3) is 5.91 Å². The molecule has 2 rings (SSSR count). The van der Waals surface area contributed by atoms with E-state index in [9.17, 15) is 4.79 Å². The molecule has 0 aliphatic carbocycles. The first kappa shape index (κ1) is 18.0. The van der Waals surface area contributed by atoms with Crippen LogP contribution < -0.4 is 11.1 Å². The Morgan fingerprint density at radius 3 is 2.58 bits per heavy atom. The molecular weight excluding hydrogens is 304 g/mol. The number of carbonyl (C=O) groups excluding carboxylic acids is 1. The van der Waals surface area contributed by atoms with E-state index < -0.39 is 0 Å². The Bertz CT molecular complexity index is 686. The highest BCUT2D eigenvalue weighted by Gasteiger charge is 2.11. The Morgan fingerprint density at radius 1 is 1.08 bits per heavy atom. The van der Waals surface area contributed by atoms with E-state index in [0.717, 1.165) is 16.8 Å². The second-order valence-corrected chi connectivity index (χ2v) is 5.38. The summed E-state index contributed by atoms with van der Waals surface area (Å²) in [5.74, 6) is -0.217. The van der Waals surface area contributed by atoms with Gasteiger partial charge in [0.2, 0.25) is 0 Å². The number of nitrogen functional groups attached to an aromatic ring is 1. The van der Waals surface area contributed by atoms with E-state index in [-0.39, 0.29) is 5.91 Å². The largest absolute Gasteiger partial charge is 0.398 e. The Kier molecular flexibility index (Phi) is 6.78. The van der Waals surface area contributed by atoms with Crippen LogP contribution >= 0.6 is 0 Å². The first-order chi connectivity index (χ1) is 11.6. The van der Waals surface area contributed by atoms with Crippen LogP contribution in [0.2, 0.25) is 0 Å². The SMILES string of the molecule is CCOCCOCc1cccc(NC(=O)c2ccccc2N)c1C. The van der Waals surface area contributed by atoms with Crippen LogP contribution in [-0.4, -0.2) is 25.7 Å². The fraction of sp³-hybridized carbons (Fsp3) is 0.316. The molecule has 0 unspecified atom stereocenters. The highest BCUT2D eigenvalue weighted by molar-refractivity contribution is 6.08. The molecule has 0 saturated carbocycles. The van der Waals surface area contributed by atoms with Crippen LogP contribution in [0.25, 0.3) is 0 Å². The summed E-state index contributed by atoms with van der Waals surface area (Å²) in [5.41, 5.74) is 9.56. The van der Waals surface area contributed by atoms with Crippen LogP contribution in [0.15, 0.2) is 42.5 Å². The van der Waals surface area contributed by atoms with Gasteiger partial charge >= 0.3 is 0 Å². The normalized spacial score (nSPS) is 10.6. The third-order valence-electron chi connectivity index (χ3n) is 3.73. The molecule has 0 radical (unpaired) electrons. The van der Waals surface area contributed by atoms with Gasteiger partial charge in [-0.15, -0.1) is 0 Å². The van der Waals surface area contributed by atoms with Gasteiger partial charge in [0.1, 0.15) is 0 Å². The predicted molar refractivity (Wildman–Crippen MR) is 96.1 cm³/mol. The molecule has 0 aliphatic rings. The topological polar surface area (TPSA) is 73.6 Å². The van der Waals surface area contributed by atoms with E-state index in [0.29, 0.717) is 37.7 Å². The van der Waals surface area contributed by atoms with Crippen LogP contribution in [0.5, 0.6) is 0 Å². The van der Waals surface area contributed by atoms with Crippen LogP contribution in [0.3, 0.4) is 0 Å². The van der Waals surface area contributed by atoms with Crippen molar-refractivity contribution in [1.29, 1.82) is 0 Å². The minimum Gasteiger partial charge on any atom is -0.398 e. The number of ether oxygens (including phenoxy) is 2. The molecule has 3 N–H and O–H groups in total. The number of benzene rings is 2. The number of para-hydroxylation sites is 1. The molecular formula is C19H24N2O3. The van der Waals surface area contributed by atoms with E-state index in [1.54, 1.807) is 24.3 Å². The average Bonchev–Trinajstić information content (AvgIpc) is 2.58. The lowest BCUT2D eigenvalue weighted by molar-refractivity contribution is 0.0451. The lowest BCUT2D eigenvalue weighted by Gasteiger charge is -2.13. The zero-order valence-corrected chi connectivity index (χ0v) is 14.2. The van der Waals surface area contributed by atoms with Crippen LogP contribution in [-0.2, 0) is 16.1 Å². The molecule has 5 nitrogen and oxygen atoms in total. The number of anilines is 2. The zero-order valence-electron chi connectivity index (χ0n) is 14.2. The molecule has 0 saturated heterocycles. The number of rotatable bonds is 8. The van der Waals surface area contributed by atoms with Gasteiger partial charge < -0.3 is 20.5 Å². The molecule has 24 heavy (non-hydrogen) atoms. The second kappa shape index (κ2) is 9.05. The summed E-state index contributed by atoms with van der Waals surface area (Å²) in [7, 11) is 0. The lowest BCUT2D eigenvalue weighted by atomic mass is 10.1. The number of nitrogens with two attached hydrogens (primary N) is 1. The first-order valence-electron chi connectivity index (χ1n) is 8.03. The standard InChI is InChI=1S/C19H24N2O3/c1-3-23-11-12-24-13-15-7-6-10-18(14(15)2)21-19(22)16-8-4-5-9-17(16)20/h4-10H,3,11-13,20H2,1-2H3,(H,21,22). The van der Waals surface area contributed by atoms with Gasteiger partial charge in [-0.2, -0.15) is 0 Å². The first-order valence-corrected chi connectivity index (χ1v) is 8.03. The fourth-order valence-electron chi connectivity index (χ4n) is 2.31. The maximum absolute atomic E-state index is 12.4. The minimum absolute atomic E-state index is 0.217. The summed E-state index contributed by atoms with van der Waals surface area (Å²) in [4.78, 5) is 12.4. The van der Waals surface area contributed by atoms with Gasteiger partial charge in [0, 0.05) is 18.0 Å². The van der Waals surface area contributed by atoms with Gasteiger partial charge in [0.15, 0.2) is 0 Å². The van der Waals surface area contributed by atoms with Gasteiger partial charge in [-0.25, -0.2) is 0 Å². The fourth-order valence-corrected chi connectivity index (χ4v) is 2.31. The molecule has 0 spiro atoms. The number of amides is 1. The monoisotopic (exact) mass is 328 g/mol. The smallest absolute Gasteiger partial charge is 0.257 e. The molecule has 0 aromatic heterocycles. The zero-order chi connectivity index (χ0) is 17.4. The average molecular weight is 328 g/mol. The van der Waals surface area contributed by atoms with Crippen LogP contribution in [0.4, 0.5) is 11.4 Å². The molecule has 2 aromatic carbocycles. The Labute approximate surface area is 142 Å². The molecule has 0 fully saturated rings. The Morgan fingerprint density at radius 2 is 1.83 bits per heavy atom. The summed E-state index contributed by atoms with van der Waals surface area (Å²) in [5, 5.41) is 2.92. The summed E-state index contributed by atoms with van der Waals surface area (Å²) in [6.45, 7) is 6.22. The number of nitrogens with one attached hydrogen (secondary N) is 1. The summed E-state index contributed by atoms with van der Waals surface area (Å²) in [6.07, 6.45) is 0. The van der Waals surface area contributed by atoms with E-state index in [2.05, 4.69) is 5.32 Å². The van der Waals surface area contributed by atoms with E-state index in [4.69, 9.17) is 15.2 Å². The lowest BCUT2D eigenvalue weighted by Crippen LogP contribution is -2.15. The van der Waals surface area contributed by atoms with E-state index >= 15 is 0 Å². The van der Waals surface area contributed by atoms with Crippen molar-refractivity contribution in [2.75, 3.05) is 30.9 Å². The third kappa shape index (κ3) is 4.81. The molecule has 5 heteroatoms. The van der Waals surface area contributed by atoms with Crippen molar-refractivity contribution in [2.45, 2.75) is 20.5 Å². The highest BCUT2D eigenvalue weighted by atomic mass is 16.5. The van der Waals surface area contributed by atoms with Gasteiger partial charge in [-0.1, -0.05) is 24.3 Å². The molecule has 0 atom stereocenters. The molecule has 0 heterocycles. The molecule has 0 aliphatic heterocycles. The molecule has 128 valence electrons. The summed E-state index contributed by atoms with van der Waals surface area (Å²) < 4.78 is 10.9. The van der Waals surface area contributed by atoms with Crippen molar-refractivity contribution in [3.8, 4) is 0 Å². The van der Waals surface area contributed by atoms with Crippen molar-refractivity contribution >= 4 is 17.3 Å². The van der Waals surface area contributed by atoms with Crippen LogP contribution in [0, 0.1) is 6.92 Å². The van der Waals surface area contributed by atoms with Crippen LogP contribution in [0.1, 0.15) is 28.4 Å². The second-order valence-electron chi connectivity index (χ2n) is 5.38.